The van der Waals surface area contributed by atoms with Gasteiger partial charge in [0.1, 0.15) is 12.4 Å². The van der Waals surface area contributed by atoms with Crippen LogP contribution in [0.5, 0.6) is 0 Å². The Balaban J connectivity index is 0.00000240. The van der Waals surface area contributed by atoms with Crippen molar-refractivity contribution < 1.29 is 0 Å². The maximum Gasteiger partial charge on any atom is 0.191 e. The van der Waals surface area contributed by atoms with E-state index in [1.165, 1.54) is 42.1 Å². The van der Waals surface area contributed by atoms with Crippen LogP contribution < -0.4 is 10.6 Å². The van der Waals surface area contributed by atoms with Crippen molar-refractivity contribution in [3.63, 3.8) is 0 Å². The largest absolute Gasteiger partial charge is 0.357 e. The normalized spacial score (nSPS) is 17.7. The van der Waals surface area contributed by atoms with Crippen molar-refractivity contribution in [2.45, 2.75) is 64.0 Å². The standard InChI is InChI=1S/C21H29BrN6.HI/c1-2-23-20(24-14-19-27-26-18-10-4-3-7-13-28(18)19)25-15-21(11-12-21)16-8-5-6-9-17(16)22;/h5-6,8-9H,2-4,7,10-15H2,1H3,(H2,23,24,25);1H. The minimum absolute atomic E-state index is 0. The Morgan fingerprint density at radius 2 is 2.00 bits per heavy atom. The molecule has 1 aliphatic heterocycles. The minimum Gasteiger partial charge on any atom is -0.357 e. The van der Waals surface area contributed by atoms with Gasteiger partial charge in [0.25, 0.3) is 0 Å². The fourth-order valence-electron chi connectivity index (χ4n) is 3.99. The molecule has 1 saturated carbocycles. The summed E-state index contributed by atoms with van der Waals surface area (Å²) in [4.78, 5) is 4.80. The van der Waals surface area contributed by atoms with Gasteiger partial charge in [-0.2, -0.15) is 0 Å². The molecule has 1 aromatic heterocycles. The number of fused-ring (bicyclic) bond motifs is 1. The fourth-order valence-corrected chi connectivity index (χ4v) is 4.70. The Bertz CT molecular complexity index is 845. The van der Waals surface area contributed by atoms with E-state index in [1.54, 1.807) is 0 Å². The number of nitrogens with zero attached hydrogens (tertiary/aromatic N) is 4. The number of nitrogens with one attached hydrogen (secondary N) is 2. The highest BCUT2D eigenvalue weighted by molar-refractivity contribution is 14.0. The Kier molecular flexibility index (Phi) is 7.95. The summed E-state index contributed by atoms with van der Waals surface area (Å²) < 4.78 is 3.46. The molecule has 2 aliphatic rings. The topological polar surface area (TPSA) is 67.1 Å². The predicted octanol–water partition coefficient (Wildman–Crippen LogP) is 4.17. The second kappa shape index (κ2) is 10.2. The van der Waals surface area contributed by atoms with Crippen LogP contribution in [0.1, 0.15) is 56.2 Å². The van der Waals surface area contributed by atoms with Crippen molar-refractivity contribution in [3.8, 4) is 0 Å². The highest BCUT2D eigenvalue weighted by atomic mass is 127. The molecule has 0 radical (unpaired) electrons. The van der Waals surface area contributed by atoms with Crippen molar-refractivity contribution in [1.82, 2.24) is 25.4 Å². The molecular formula is C21H30BrIN6. The average Bonchev–Trinajstić information content (AvgIpc) is 3.45. The third-order valence-corrected chi connectivity index (χ3v) is 6.49. The molecule has 4 rings (SSSR count). The van der Waals surface area contributed by atoms with E-state index in [4.69, 9.17) is 4.99 Å². The Morgan fingerprint density at radius 1 is 1.17 bits per heavy atom. The molecule has 1 aliphatic carbocycles. The number of guanidine groups is 1. The molecular weight excluding hydrogens is 543 g/mol. The van der Waals surface area contributed by atoms with Crippen LogP contribution in [0, 0.1) is 0 Å². The van der Waals surface area contributed by atoms with Crippen molar-refractivity contribution in [3.05, 3.63) is 46.0 Å². The molecule has 0 spiro atoms. The van der Waals surface area contributed by atoms with Gasteiger partial charge in [0.15, 0.2) is 11.8 Å². The zero-order valence-electron chi connectivity index (χ0n) is 17.0. The summed E-state index contributed by atoms with van der Waals surface area (Å²) in [5, 5.41) is 15.7. The van der Waals surface area contributed by atoms with Crippen molar-refractivity contribution in [1.29, 1.82) is 0 Å². The molecule has 2 heterocycles. The number of hydrogen-bond acceptors (Lipinski definition) is 3. The molecule has 1 fully saturated rings. The Morgan fingerprint density at radius 3 is 2.76 bits per heavy atom. The predicted molar refractivity (Wildman–Crippen MR) is 131 cm³/mol. The smallest absolute Gasteiger partial charge is 0.191 e. The zero-order valence-corrected chi connectivity index (χ0v) is 20.9. The first-order chi connectivity index (χ1) is 13.7. The molecule has 2 aromatic rings. The van der Waals surface area contributed by atoms with E-state index in [9.17, 15) is 0 Å². The summed E-state index contributed by atoms with van der Waals surface area (Å²) in [6.45, 7) is 5.40. The first-order valence-electron chi connectivity index (χ1n) is 10.4. The van der Waals surface area contributed by atoms with Gasteiger partial charge >= 0.3 is 0 Å². The lowest BCUT2D eigenvalue weighted by atomic mass is 9.96. The zero-order chi connectivity index (χ0) is 19.4. The molecule has 158 valence electrons. The lowest BCUT2D eigenvalue weighted by Gasteiger charge is -2.20. The van der Waals surface area contributed by atoms with Gasteiger partial charge in [-0.15, -0.1) is 34.2 Å². The van der Waals surface area contributed by atoms with Crippen LogP contribution >= 0.6 is 39.9 Å². The second-order valence-corrected chi connectivity index (χ2v) is 8.66. The van der Waals surface area contributed by atoms with Gasteiger partial charge in [-0.25, -0.2) is 4.99 Å². The number of aryl methyl sites for hydroxylation is 1. The fraction of sp³-hybridized carbons (Fsp3) is 0.571. The second-order valence-electron chi connectivity index (χ2n) is 7.80. The van der Waals surface area contributed by atoms with E-state index >= 15 is 0 Å². The van der Waals surface area contributed by atoms with Crippen LogP contribution in [-0.4, -0.2) is 33.8 Å². The number of halogens is 2. The molecule has 0 saturated heterocycles. The highest BCUT2D eigenvalue weighted by Gasteiger charge is 2.45. The minimum atomic E-state index is 0. The van der Waals surface area contributed by atoms with E-state index in [-0.39, 0.29) is 29.4 Å². The number of aromatic nitrogens is 3. The lowest BCUT2D eigenvalue weighted by Crippen LogP contribution is -2.41. The number of hydrogen-bond donors (Lipinski definition) is 2. The lowest BCUT2D eigenvalue weighted by molar-refractivity contribution is 0.604. The van der Waals surface area contributed by atoms with Gasteiger partial charge in [0.05, 0.1) is 0 Å². The number of rotatable bonds is 6. The molecule has 0 bridgehead atoms. The monoisotopic (exact) mass is 572 g/mol. The Hall–Kier alpha value is -1.16. The van der Waals surface area contributed by atoms with Crippen LogP contribution in [-0.2, 0) is 24.9 Å². The van der Waals surface area contributed by atoms with Gasteiger partial charge in [0, 0.05) is 35.9 Å². The molecule has 0 unspecified atom stereocenters. The van der Waals surface area contributed by atoms with E-state index < -0.39 is 0 Å². The average molecular weight is 573 g/mol. The van der Waals surface area contributed by atoms with Gasteiger partial charge in [-0.05, 0) is 44.2 Å². The number of aliphatic imine (C=N–C) groups is 1. The first-order valence-corrected chi connectivity index (χ1v) is 11.2. The van der Waals surface area contributed by atoms with E-state index in [1.807, 2.05) is 0 Å². The molecule has 2 N–H and O–H groups in total. The van der Waals surface area contributed by atoms with E-state index in [0.29, 0.717) is 6.54 Å². The summed E-state index contributed by atoms with van der Waals surface area (Å²) in [6.07, 6.45) is 7.13. The van der Waals surface area contributed by atoms with Gasteiger partial charge in [-0.3, -0.25) is 0 Å². The summed E-state index contributed by atoms with van der Waals surface area (Å²) in [5.41, 5.74) is 1.60. The molecule has 0 amide bonds. The molecule has 29 heavy (non-hydrogen) atoms. The van der Waals surface area contributed by atoms with Gasteiger partial charge < -0.3 is 15.2 Å². The highest BCUT2D eigenvalue weighted by Crippen LogP contribution is 2.49. The van der Waals surface area contributed by atoms with Crippen LogP contribution in [0.2, 0.25) is 0 Å². The van der Waals surface area contributed by atoms with Crippen LogP contribution in [0.25, 0.3) is 0 Å². The summed E-state index contributed by atoms with van der Waals surface area (Å²) >= 11 is 3.72. The quantitative estimate of drug-likeness (QED) is 0.310. The van der Waals surface area contributed by atoms with Crippen molar-refractivity contribution in [2.24, 2.45) is 4.99 Å². The van der Waals surface area contributed by atoms with E-state index in [2.05, 4.69) is 72.5 Å². The summed E-state index contributed by atoms with van der Waals surface area (Å²) in [5.74, 6) is 2.94. The van der Waals surface area contributed by atoms with Crippen LogP contribution in [0.3, 0.4) is 0 Å². The maximum absolute atomic E-state index is 4.80. The van der Waals surface area contributed by atoms with Gasteiger partial charge in [-0.1, -0.05) is 40.5 Å². The summed E-state index contributed by atoms with van der Waals surface area (Å²) in [7, 11) is 0. The SMILES string of the molecule is CCNC(=NCc1nnc2n1CCCCC2)NCC1(c2ccccc2Br)CC1.I. The Labute approximate surface area is 198 Å². The third kappa shape index (κ3) is 5.31. The van der Waals surface area contributed by atoms with Crippen LogP contribution in [0.4, 0.5) is 0 Å². The van der Waals surface area contributed by atoms with Crippen molar-refractivity contribution in [2.75, 3.05) is 13.1 Å². The number of benzene rings is 1. The summed E-state index contributed by atoms with van der Waals surface area (Å²) in [6, 6.07) is 8.56. The van der Waals surface area contributed by atoms with Crippen LogP contribution in [0.15, 0.2) is 33.7 Å². The maximum atomic E-state index is 4.80. The van der Waals surface area contributed by atoms with Gasteiger partial charge in [0.2, 0.25) is 0 Å². The molecule has 1 aromatic carbocycles. The van der Waals surface area contributed by atoms with Crippen molar-refractivity contribution >= 4 is 45.9 Å². The first kappa shape index (κ1) is 22.5. The molecule has 8 heteroatoms. The molecule has 6 nitrogen and oxygen atoms in total. The molecule has 0 atom stereocenters. The van der Waals surface area contributed by atoms with E-state index in [0.717, 1.165) is 43.7 Å². The third-order valence-electron chi connectivity index (χ3n) is 5.80.